The van der Waals surface area contributed by atoms with Crippen LogP contribution < -0.4 is 9.64 Å². The molecule has 0 saturated carbocycles. The van der Waals surface area contributed by atoms with E-state index in [1.807, 2.05) is 24.0 Å². The summed E-state index contributed by atoms with van der Waals surface area (Å²) in [4.78, 5) is 24.8. The van der Waals surface area contributed by atoms with Gasteiger partial charge in [0.15, 0.2) is 11.6 Å². The van der Waals surface area contributed by atoms with E-state index >= 15 is 0 Å². The summed E-state index contributed by atoms with van der Waals surface area (Å²) in [6.45, 7) is 4.86. The van der Waals surface area contributed by atoms with E-state index in [0.717, 1.165) is 5.82 Å². The summed E-state index contributed by atoms with van der Waals surface area (Å²) in [6, 6.07) is 7.24. The summed E-state index contributed by atoms with van der Waals surface area (Å²) in [6.07, 6.45) is 4.65. The van der Waals surface area contributed by atoms with Gasteiger partial charge in [-0.2, -0.15) is 5.10 Å². The Morgan fingerprint density at radius 1 is 1.11 bits per heavy atom. The zero-order chi connectivity index (χ0) is 19.3. The monoisotopic (exact) mass is 380 g/mol. The topological polar surface area (TPSA) is 102 Å². The van der Waals surface area contributed by atoms with Crippen LogP contribution in [0.25, 0.3) is 5.82 Å². The van der Waals surface area contributed by atoms with Gasteiger partial charge in [0, 0.05) is 32.4 Å². The molecule has 10 nitrogen and oxygen atoms in total. The molecule has 0 aliphatic carbocycles. The molecular formula is C18H20N8O2. The predicted octanol–water partition coefficient (Wildman–Crippen LogP) is 0.813. The van der Waals surface area contributed by atoms with Crippen LogP contribution in [-0.4, -0.2) is 73.5 Å². The molecule has 0 unspecified atom stereocenters. The van der Waals surface area contributed by atoms with Gasteiger partial charge < -0.3 is 14.5 Å². The number of ether oxygens (including phenoxy) is 1. The summed E-state index contributed by atoms with van der Waals surface area (Å²) in [5, 5.41) is 12.5. The van der Waals surface area contributed by atoms with E-state index in [-0.39, 0.29) is 5.91 Å². The SMILES string of the molecule is CCOc1ncccc1C(=O)N1CCN(c2ccc(-n3cncn3)nn2)CC1. The van der Waals surface area contributed by atoms with Gasteiger partial charge in [0.05, 0.1) is 6.61 Å². The van der Waals surface area contributed by atoms with Crippen molar-refractivity contribution >= 4 is 11.7 Å². The molecular weight excluding hydrogens is 360 g/mol. The van der Waals surface area contributed by atoms with Crippen molar-refractivity contribution in [1.82, 2.24) is 34.8 Å². The molecule has 10 heteroatoms. The molecule has 1 amide bonds. The minimum Gasteiger partial charge on any atom is -0.477 e. The van der Waals surface area contributed by atoms with E-state index in [2.05, 4.69) is 30.2 Å². The third-order valence-corrected chi connectivity index (χ3v) is 4.46. The van der Waals surface area contributed by atoms with Crippen LogP contribution in [0.4, 0.5) is 5.82 Å². The van der Waals surface area contributed by atoms with Crippen LogP contribution in [0.3, 0.4) is 0 Å². The number of pyridine rings is 1. The molecule has 1 saturated heterocycles. The molecule has 0 N–H and O–H groups in total. The van der Waals surface area contributed by atoms with Crippen LogP contribution in [0, 0.1) is 0 Å². The zero-order valence-corrected chi connectivity index (χ0v) is 15.5. The van der Waals surface area contributed by atoms with E-state index < -0.39 is 0 Å². The Hall–Kier alpha value is -3.56. The van der Waals surface area contributed by atoms with Crippen molar-refractivity contribution in [2.75, 3.05) is 37.7 Å². The van der Waals surface area contributed by atoms with Crippen molar-refractivity contribution in [3.8, 4) is 11.7 Å². The number of hydrogen-bond donors (Lipinski definition) is 0. The van der Waals surface area contributed by atoms with Crippen LogP contribution in [0.1, 0.15) is 17.3 Å². The summed E-state index contributed by atoms with van der Waals surface area (Å²) in [5.74, 6) is 1.69. The maximum Gasteiger partial charge on any atom is 0.259 e. The molecule has 0 atom stereocenters. The zero-order valence-electron chi connectivity index (χ0n) is 15.5. The lowest BCUT2D eigenvalue weighted by atomic mass is 10.2. The minimum atomic E-state index is -0.0659. The average molecular weight is 380 g/mol. The quantitative estimate of drug-likeness (QED) is 0.641. The van der Waals surface area contributed by atoms with Crippen LogP contribution >= 0.6 is 0 Å². The standard InChI is InChI=1S/C18H20N8O2/c1-2-28-17-14(4-3-7-20-17)18(27)25-10-8-24(9-11-25)15-5-6-16(23-22-15)26-13-19-12-21-26/h3-7,12-13H,2,8-11H2,1H3. The number of rotatable bonds is 5. The van der Waals surface area contributed by atoms with Gasteiger partial charge >= 0.3 is 0 Å². The molecule has 1 fully saturated rings. The fourth-order valence-electron chi connectivity index (χ4n) is 3.05. The van der Waals surface area contributed by atoms with Crippen molar-refractivity contribution in [1.29, 1.82) is 0 Å². The summed E-state index contributed by atoms with van der Waals surface area (Å²) in [5.41, 5.74) is 0.495. The Morgan fingerprint density at radius 2 is 1.89 bits per heavy atom. The molecule has 1 aliphatic rings. The van der Waals surface area contributed by atoms with Crippen molar-refractivity contribution < 1.29 is 9.53 Å². The molecule has 3 aromatic heterocycles. The number of anilines is 1. The number of aromatic nitrogens is 6. The summed E-state index contributed by atoms with van der Waals surface area (Å²) in [7, 11) is 0. The van der Waals surface area contributed by atoms with Gasteiger partial charge in [-0.05, 0) is 31.2 Å². The third-order valence-electron chi connectivity index (χ3n) is 4.46. The molecule has 1 aliphatic heterocycles. The van der Waals surface area contributed by atoms with Gasteiger partial charge in [0.25, 0.3) is 5.91 Å². The molecule has 4 rings (SSSR count). The Morgan fingerprint density at radius 3 is 2.57 bits per heavy atom. The first-order valence-electron chi connectivity index (χ1n) is 9.07. The first-order valence-corrected chi connectivity index (χ1v) is 9.07. The van der Waals surface area contributed by atoms with E-state index in [0.29, 0.717) is 50.0 Å². The first-order chi connectivity index (χ1) is 13.8. The van der Waals surface area contributed by atoms with E-state index in [1.165, 1.54) is 6.33 Å². The number of hydrogen-bond acceptors (Lipinski definition) is 8. The lowest BCUT2D eigenvalue weighted by Gasteiger charge is -2.35. The average Bonchev–Trinajstić information content (AvgIpc) is 3.29. The molecule has 3 aromatic rings. The number of piperazine rings is 1. The lowest BCUT2D eigenvalue weighted by molar-refractivity contribution is 0.0741. The molecule has 0 bridgehead atoms. The van der Waals surface area contributed by atoms with E-state index in [4.69, 9.17) is 4.74 Å². The number of carbonyl (C=O) groups is 1. The third kappa shape index (κ3) is 3.61. The molecule has 0 spiro atoms. The minimum absolute atomic E-state index is 0.0659. The van der Waals surface area contributed by atoms with Gasteiger partial charge in [-0.1, -0.05) is 0 Å². The predicted molar refractivity (Wildman–Crippen MR) is 100 cm³/mol. The highest BCUT2D eigenvalue weighted by Crippen LogP contribution is 2.19. The fourth-order valence-corrected chi connectivity index (χ4v) is 3.05. The Kier molecular flexibility index (Phi) is 5.09. The van der Waals surface area contributed by atoms with Crippen LogP contribution in [0.2, 0.25) is 0 Å². The maximum atomic E-state index is 12.9. The highest BCUT2D eigenvalue weighted by molar-refractivity contribution is 5.96. The number of carbonyl (C=O) groups excluding carboxylic acids is 1. The maximum absolute atomic E-state index is 12.9. The smallest absolute Gasteiger partial charge is 0.259 e. The second-order valence-electron chi connectivity index (χ2n) is 6.16. The Labute approximate surface area is 161 Å². The van der Waals surface area contributed by atoms with Gasteiger partial charge in [-0.3, -0.25) is 4.79 Å². The number of nitrogens with zero attached hydrogens (tertiary/aromatic N) is 8. The van der Waals surface area contributed by atoms with Crippen molar-refractivity contribution in [2.45, 2.75) is 6.92 Å². The van der Waals surface area contributed by atoms with Gasteiger partial charge in [0.2, 0.25) is 5.88 Å². The van der Waals surface area contributed by atoms with Crippen LogP contribution in [-0.2, 0) is 0 Å². The highest BCUT2D eigenvalue weighted by Gasteiger charge is 2.25. The van der Waals surface area contributed by atoms with Crippen LogP contribution in [0.5, 0.6) is 5.88 Å². The van der Waals surface area contributed by atoms with E-state index in [9.17, 15) is 4.79 Å². The molecule has 4 heterocycles. The normalized spacial score (nSPS) is 14.2. The van der Waals surface area contributed by atoms with Crippen molar-refractivity contribution in [2.24, 2.45) is 0 Å². The summed E-state index contributed by atoms with van der Waals surface area (Å²) >= 11 is 0. The Bertz CT molecular complexity index is 921. The largest absolute Gasteiger partial charge is 0.477 e. The lowest BCUT2D eigenvalue weighted by Crippen LogP contribution is -2.49. The van der Waals surface area contributed by atoms with Gasteiger partial charge in [-0.15, -0.1) is 10.2 Å². The van der Waals surface area contributed by atoms with Gasteiger partial charge in [0.1, 0.15) is 18.2 Å². The van der Waals surface area contributed by atoms with Crippen molar-refractivity contribution in [3.63, 3.8) is 0 Å². The number of amides is 1. The second-order valence-corrected chi connectivity index (χ2v) is 6.16. The molecule has 0 radical (unpaired) electrons. The Balaban J connectivity index is 1.40. The molecule has 28 heavy (non-hydrogen) atoms. The first kappa shape index (κ1) is 17.8. The van der Waals surface area contributed by atoms with E-state index in [1.54, 1.807) is 29.3 Å². The highest BCUT2D eigenvalue weighted by atomic mass is 16.5. The second kappa shape index (κ2) is 7.99. The molecule has 0 aromatic carbocycles. The van der Waals surface area contributed by atoms with Crippen molar-refractivity contribution in [3.05, 3.63) is 48.7 Å². The van der Waals surface area contributed by atoms with Gasteiger partial charge in [-0.25, -0.2) is 14.6 Å². The van der Waals surface area contributed by atoms with Crippen LogP contribution in [0.15, 0.2) is 43.1 Å². The molecule has 144 valence electrons. The summed E-state index contributed by atoms with van der Waals surface area (Å²) < 4.78 is 7.04. The fraction of sp³-hybridized carbons (Fsp3) is 0.333.